The van der Waals surface area contributed by atoms with Crippen LogP contribution in [0.3, 0.4) is 0 Å². The molecule has 2 N–H and O–H groups in total. The SMILES string of the molecule is CNC(=O)c1ccccc1NC(=O)c1cnn(-c2ccc(C(F)(F)F)cn2)c1C. The summed E-state index contributed by atoms with van der Waals surface area (Å²) in [5, 5.41) is 9.19. The maximum atomic E-state index is 12.7. The third kappa shape index (κ3) is 4.10. The predicted octanol–water partition coefficient (Wildman–Crippen LogP) is 3.21. The Morgan fingerprint density at radius 3 is 2.34 bits per heavy atom. The summed E-state index contributed by atoms with van der Waals surface area (Å²) in [6.45, 7) is 1.59. The van der Waals surface area contributed by atoms with Crippen LogP contribution in [-0.4, -0.2) is 33.6 Å². The molecular formula is C19H16F3N5O2. The number of rotatable bonds is 4. The summed E-state index contributed by atoms with van der Waals surface area (Å²) < 4.78 is 39.3. The molecule has 2 aromatic heterocycles. The molecule has 0 saturated carbocycles. The fraction of sp³-hybridized carbons (Fsp3) is 0.158. The molecule has 150 valence electrons. The van der Waals surface area contributed by atoms with Crippen LogP contribution < -0.4 is 10.6 Å². The molecule has 1 aromatic carbocycles. The second-order valence-corrected chi connectivity index (χ2v) is 6.04. The van der Waals surface area contributed by atoms with Crippen molar-refractivity contribution >= 4 is 17.5 Å². The Labute approximate surface area is 163 Å². The standard InChI is InChI=1S/C19H16F3N5O2/c1-11-14(18(29)26-15-6-4-3-5-13(15)17(28)23-2)10-25-27(11)16-8-7-12(9-24-16)19(20,21)22/h3-10H,1-2H3,(H,23,28)(H,26,29). The van der Waals surface area contributed by atoms with Gasteiger partial charge in [-0.25, -0.2) is 9.67 Å². The van der Waals surface area contributed by atoms with Crippen LogP contribution >= 0.6 is 0 Å². The van der Waals surface area contributed by atoms with Crippen molar-refractivity contribution in [2.75, 3.05) is 12.4 Å². The number of amides is 2. The number of anilines is 1. The number of pyridine rings is 1. The number of nitrogens with one attached hydrogen (secondary N) is 2. The van der Waals surface area contributed by atoms with Crippen molar-refractivity contribution < 1.29 is 22.8 Å². The minimum atomic E-state index is -4.49. The highest BCUT2D eigenvalue weighted by molar-refractivity contribution is 6.09. The summed E-state index contributed by atoms with van der Waals surface area (Å²) in [7, 11) is 1.48. The molecule has 2 amide bonds. The van der Waals surface area contributed by atoms with Gasteiger partial charge in [0.2, 0.25) is 0 Å². The van der Waals surface area contributed by atoms with Crippen LogP contribution in [0, 0.1) is 6.92 Å². The Hall–Kier alpha value is -3.69. The molecule has 0 radical (unpaired) electrons. The summed E-state index contributed by atoms with van der Waals surface area (Å²) in [6, 6.07) is 8.55. The molecule has 0 fully saturated rings. The van der Waals surface area contributed by atoms with Gasteiger partial charge in [-0.3, -0.25) is 9.59 Å². The molecule has 0 spiro atoms. The van der Waals surface area contributed by atoms with Crippen molar-refractivity contribution in [1.82, 2.24) is 20.1 Å². The predicted molar refractivity (Wildman–Crippen MR) is 98.9 cm³/mol. The molecule has 0 aliphatic carbocycles. The molecular weight excluding hydrogens is 387 g/mol. The lowest BCUT2D eigenvalue weighted by Crippen LogP contribution is -2.21. The minimum absolute atomic E-state index is 0.139. The van der Waals surface area contributed by atoms with Crippen LogP contribution in [0.1, 0.15) is 32.0 Å². The average Bonchev–Trinajstić information content (AvgIpc) is 3.08. The molecule has 2 heterocycles. The Kier molecular flexibility index (Phi) is 5.35. The number of hydrogen-bond donors (Lipinski definition) is 2. The van der Waals surface area contributed by atoms with Crippen molar-refractivity contribution in [1.29, 1.82) is 0 Å². The van der Waals surface area contributed by atoms with E-state index in [1.807, 2.05) is 0 Å². The van der Waals surface area contributed by atoms with Crippen LogP contribution in [-0.2, 0) is 6.18 Å². The molecule has 0 atom stereocenters. The Balaban J connectivity index is 1.86. The number of para-hydroxylation sites is 1. The number of carbonyl (C=O) groups excluding carboxylic acids is 2. The van der Waals surface area contributed by atoms with Gasteiger partial charge in [0, 0.05) is 13.2 Å². The summed E-state index contributed by atoms with van der Waals surface area (Å²) >= 11 is 0. The number of carbonyl (C=O) groups is 2. The van der Waals surface area contributed by atoms with Gasteiger partial charge in [0.15, 0.2) is 5.82 Å². The zero-order valence-corrected chi connectivity index (χ0v) is 15.4. The first-order valence-corrected chi connectivity index (χ1v) is 8.43. The Morgan fingerprint density at radius 2 is 1.72 bits per heavy atom. The van der Waals surface area contributed by atoms with Crippen LogP contribution in [0.25, 0.3) is 5.82 Å². The number of halogens is 3. The van der Waals surface area contributed by atoms with Gasteiger partial charge in [0.1, 0.15) is 0 Å². The molecule has 0 aliphatic heterocycles. The summed E-state index contributed by atoms with van der Waals surface area (Å²) in [4.78, 5) is 28.4. The highest BCUT2D eigenvalue weighted by Gasteiger charge is 2.30. The molecule has 10 heteroatoms. The van der Waals surface area contributed by atoms with Gasteiger partial charge < -0.3 is 10.6 Å². The first-order chi connectivity index (χ1) is 13.7. The van der Waals surface area contributed by atoms with Crippen molar-refractivity contribution in [2.24, 2.45) is 0 Å². The van der Waals surface area contributed by atoms with Crippen LogP contribution in [0.2, 0.25) is 0 Å². The second kappa shape index (κ2) is 7.74. The third-order valence-electron chi connectivity index (χ3n) is 4.19. The first-order valence-electron chi connectivity index (χ1n) is 8.43. The maximum Gasteiger partial charge on any atom is 0.417 e. The van der Waals surface area contributed by atoms with Crippen molar-refractivity contribution in [3.63, 3.8) is 0 Å². The first kappa shape index (κ1) is 20.1. The number of benzene rings is 1. The van der Waals surface area contributed by atoms with E-state index in [0.717, 1.165) is 6.07 Å². The van der Waals surface area contributed by atoms with E-state index in [1.165, 1.54) is 24.0 Å². The molecule has 3 aromatic rings. The van der Waals surface area contributed by atoms with Crippen LogP contribution in [0.5, 0.6) is 0 Å². The van der Waals surface area contributed by atoms with Gasteiger partial charge in [0.25, 0.3) is 11.8 Å². The summed E-state index contributed by atoms with van der Waals surface area (Å²) in [5.41, 5.74) is 0.301. The topological polar surface area (TPSA) is 88.9 Å². The van der Waals surface area contributed by atoms with E-state index in [4.69, 9.17) is 0 Å². The molecule has 0 bridgehead atoms. The van der Waals surface area contributed by atoms with E-state index >= 15 is 0 Å². The van der Waals surface area contributed by atoms with Crippen molar-refractivity contribution in [2.45, 2.75) is 13.1 Å². The molecule has 3 rings (SSSR count). The molecule has 0 unspecified atom stereocenters. The molecule has 0 aliphatic rings. The van der Waals surface area contributed by atoms with Gasteiger partial charge in [-0.15, -0.1) is 0 Å². The molecule has 29 heavy (non-hydrogen) atoms. The van der Waals surface area contributed by atoms with Crippen molar-refractivity contribution in [3.05, 3.63) is 71.2 Å². The maximum absolute atomic E-state index is 12.7. The number of aromatic nitrogens is 3. The lowest BCUT2D eigenvalue weighted by atomic mass is 10.1. The summed E-state index contributed by atoms with van der Waals surface area (Å²) in [5.74, 6) is -0.736. The molecule has 7 nitrogen and oxygen atoms in total. The highest BCUT2D eigenvalue weighted by atomic mass is 19.4. The normalized spacial score (nSPS) is 11.2. The largest absolute Gasteiger partial charge is 0.417 e. The quantitative estimate of drug-likeness (QED) is 0.700. The van der Waals surface area contributed by atoms with Crippen LogP contribution in [0.15, 0.2) is 48.8 Å². The van der Waals surface area contributed by atoms with Crippen LogP contribution in [0.4, 0.5) is 18.9 Å². The Morgan fingerprint density at radius 1 is 1.00 bits per heavy atom. The minimum Gasteiger partial charge on any atom is -0.355 e. The van der Waals surface area contributed by atoms with Gasteiger partial charge in [-0.05, 0) is 31.2 Å². The highest BCUT2D eigenvalue weighted by Crippen LogP contribution is 2.29. The van der Waals surface area contributed by atoms with Crippen molar-refractivity contribution in [3.8, 4) is 5.82 Å². The van der Waals surface area contributed by atoms with Gasteiger partial charge in [-0.1, -0.05) is 12.1 Å². The number of nitrogens with zero attached hydrogens (tertiary/aromatic N) is 3. The van der Waals surface area contributed by atoms with E-state index in [2.05, 4.69) is 20.7 Å². The number of hydrogen-bond acceptors (Lipinski definition) is 4. The van der Waals surface area contributed by atoms with Gasteiger partial charge in [-0.2, -0.15) is 18.3 Å². The lowest BCUT2D eigenvalue weighted by Gasteiger charge is -2.10. The smallest absolute Gasteiger partial charge is 0.355 e. The van der Waals surface area contributed by atoms with E-state index in [-0.39, 0.29) is 22.9 Å². The summed E-state index contributed by atoms with van der Waals surface area (Å²) in [6.07, 6.45) is -2.50. The zero-order valence-electron chi connectivity index (χ0n) is 15.4. The Bertz CT molecular complexity index is 1060. The fourth-order valence-electron chi connectivity index (χ4n) is 2.66. The van der Waals surface area contributed by atoms with E-state index in [0.29, 0.717) is 17.6 Å². The lowest BCUT2D eigenvalue weighted by molar-refractivity contribution is -0.137. The van der Waals surface area contributed by atoms with E-state index < -0.39 is 17.6 Å². The second-order valence-electron chi connectivity index (χ2n) is 6.04. The monoisotopic (exact) mass is 403 g/mol. The average molecular weight is 403 g/mol. The number of alkyl halides is 3. The van der Waals surface area contributed by atoms with E-state index in [1.54, 1.807) is 31.2 Å². The molecule has 0 saturated heterocycles. The van der Waals surface area contributed by atoms with E-state index in [9.17, 15) is 22.8 Å². The third-order valence-corrected chi connectivity index (χ3v) is 4.19. The van der Waals surface area contributed by atoms with Gasteiger partial charge >= 0.3 is 6.18 Å². The fourth-order valence-corrected chi connectivity index (χ4v) is 2.66. The zero-order chi connectivity index (χ0) is 21.2. The van der Waals surface area contributed by atoms with Gasteiger partial charge in [0.05, 0.1) is 34.3 Å².